The highest BCUT2D eigenvalue weighted by Gasteiger charge is 2.21. The lowest BCUT2D eigenvalue weighted by atomic mass is 10.1. The minimum absolute atomic E-state index is 0.0476. The van der Waals surface area contributed by atoms with Crippen LogP contribution < -0.4 is 4.89 Å². The van der Waals surface area contributed by atoms with Crippen molar-refractivity contribution in [2.45, 2.75) is 174 Å². The maximum Gasteiger partial charge on any atom is 0.306 e. The maximum absolute atomic E-state index is 12.6. The number of esters is 2. The number of ether oxygens (including phenoxy) is 2. The predicted octanol–water partition coefficient (Wildman–Crippen LogP) is 11.8. The van der Waals surface area contributed by atoms with Gasteiger partial charge in [0.05, 0.1) is 27.7 Å². The van der Waals surface area contributed by atoms with Crippen molar-refractivity contribution in [1.29, 1.82) is 0 Å². The van der Waals surface area contributed by atoms with E-state index in [4.69, 9.17) is 18.5 Å². The summed E-state index contributed by atoms with van der Waals surface area (Å²) in [5, 5.41) is 0. The van der Waals surface area contributed by atoms with Crippen LogP contribution >= 0.6 is 7.82 Å². The highest BCUT2D eigenvalue weighted by atomic mass is 31.2. The molecule has 0 amide bonds. The molecule has 0 rings (SSSR count). The van der Waals surface area contributed by atoms with E-state index in [0.29, 0.717) is 30.3 Å². The van der Waals surface area contributed by atoms with Gasteiger partial charge in [-0.15, -0.1) is 0 Å². The lowest BCUT2D eigenvalue weighted by Gasteiger charge is -2.28. The standard InChI is InChI=1S/C46H82NO8P/c1-6-8-10-12-14-16-18-20-22-23-25-27-29-31-33-35-37-39-46(49)55-44(43-54-56(50,51)53-41-40-47(3,4)5)42-52-45(48)38-36-34-32-30-28-26-24-21-19-17-15-13-11-9-7-2/h14,16,20,22,25,27,31-34,44H,6-13,15,17-19,21,23-24,26,28-30,35-43H2,1-5H3/b16-14+,22-20+,27-25+,33-31+,34-32+/t44-/m1/s1. The van der Waals surface area contributed by atoms with Crippen molar-refractivity contribution >= 4 is 19.8 Å². The number of quaternary nitrogens is 1. The molecule has 0 spiro atoms. The van der Waals surface area contributed by atoms with Crippen LogP contribution in [0.25, 0.3) is 0 Å². The number of nitrogens with zero attached hydrogens (tertiary/aromatic N) is 1. The first-order chi connectivity index (χ1) is 27.0. The molecule has 1 unspecified atom stereocenters. The van der Waals surface area contributed by atoms with Crippen LogP contribution in [0, 0.1) is 0 Å². The molecule has 2 atom stereocenters. The van der Waals surface area contributed by atoms with E-state index in [0.717, 1.165) is 32.1 Å². The second-order valence-electron chi connectivity index (χ2n) is 15.7. The molecule has 0 aliphatic rings. The molecular weight excluding hydrogens is 725 g/mol. The molecule has 0 aromatic rings. The van der Waals surface area contributed by atoms with Crippen molar-refractivity contribution in [2.24, 2.45) is 0 Å². The fourth-order valence-electron chi connectivity index (χ4n) is 5.55. The second-order valence-corrected chi connectivity index (χ2v) is 17.1. The molecule has 0 fully saturated rings. The summed E-state index contributed by atoms with van der Waals surface area (Å²) in [5.41, 5.74) is 0. The molecule has 0 aliphatic heterocycles. The predicted molar refractivity (Wildman–Crippen MR) is 231 cm³/mol. The van der Waals surface area contributed by atoms with Gasteiger partial charge < -0.3 is 27.9 Å². The molecule has 0 aromatic carbocycles. The molecule has 0 aromatic heterocycles. The van der Waals surface area contributed by atoms with E-state index >= 15 is 0 Å². The van der Waals surface area contributed by atoms with Gasteiger partial charge in [-0.1, -0.05) is 152 Å². The molecule has 10 heteroatoms. The number of hydrogen-bond donors (Lipinski definition) is 0. The number of hydrogen-bond acceptors (Lipinski definition) is 8. The Kier molecular flexibility index (Phi) is 36.7. The summed E-state index contributed by atoms with van der Waals surface area (Å²) in [4.78, 5) is 37.5. The minimum atomic E-state index is -4.65. The fraction of sp³-hybridized carbons (Fsp3) is 0.739. The number of unbranched alkanes of at least 4 members (excludes halogenated alkanes) is 15. The zero-order valence-electron chi connectivity index (χ0n) is 36.3. The molecular formula is C46H82NO8P. The molecule has 324 valence electrons. The largest absolute Gasteiger partial charge is 0.756 e. The average molecular weight is 808 g/mol. The smallest absolute Gasteiger partial charge is 0.306 e. The number of phosphoric ester groups is 1. The second kappa shape index (κ2) is 38.2. The van der Waals surface area contributed by atoms with Crippen molar-refractivity contribution in [3.05, 3.63) is 60.8 Å². The summed E-state index contributed by atoms with van der Waals surface area (Å²) in [6.07, 6.45) is 45.5. The van der Waals surface area contributed by atoms with Crippen molar-refractivity contribution in [2.75, 3.05) is 47.5 Å². The van der Waals surface area contributed by atoms with Gasteiger partial charge in [0.2, 0.25) is 0 Å². The number of allylic oxidation sites excluding steroid dienone is 10. The lowest BCUT2D eigenvalue weighted by molar-refractivity contribution is -0.870. The average Bonchev–Trinajstić information content (AvgIpc) is 3.15. The van der Waals surface area contributed by atoms with E-state index in [-0.39, 0.29) is 26.1 Å². The molecule has 0 N–H and O–H groups in total. The Morgan fingerprint density at radius 1 is 0.554 bits per heavy atom. The molecule has 0 saturated carbocycles. The van der Waals surface area contributed by atoms with Crippen LogP contribution in [0.15, 0.2) is 60.8 Å². The van der Waals surface area contributed by atoms with Gasteiger partial charge in [-0.2, -0.15) is 0 Å². The maximum atomic E-state index is 12.6. The van der Waals surface area contributed by atoms with Crippen molar-refractivity contribution in [3.63, 3.8) is 0 Å². The third-order valence-electron chi connectivity index (χ3n) is 9.02. The van der Waals surface area contributed by atoms with Crippen molar-refractivity contribution in [3.8, 4) is 0 Å². The van der Waals surface area contributed by atoms with Crippen molar-refractivity contribution < 1.29 is 42.1 Å². The minimum Gasteiger partial charge on any atom is -0.756 e. The molecule has 9 nitrogen and oxygen atoms in total. The molecule has 0 heterocycles. The first-order valence-corrected chi connectivity index (χ1v) is 23.5. The Morgan fingerprint density at radius 3 is 1.55 bits per heavy atom. The molecule has 0 bridgehead atoms. The Hall–Kier alpha value is -2.29. The normalized spacial score (nSPS) is 14.2. The quantitative estimate of drug-likeness (QED) is 0.0198. The lowest BCUT2D eigenvalue weighted by Crippen LogP contribution is -2.37. The van der Waals surface area contributed by atoms with Crippen LogP contribution in [0.4, 0.5) is 0 Å². The Bertz CT molecular complexity index is 1140. The van der Waals surface area contributed by atoms with Gasteiger partial charge in [-0.05, 0) is 64.2 Å². The fourth-order valence-corrected chi connectivity index (χ4v) is 6.27. The van der Waals surface area contributed by atoms with E-state index in [9.17, 15) is 19.0 Å². The topological polar surface area (TPSA) is 111 Å². The van der Waals surface area contributed by atoms with Gasteiger partial charge in [0.25, 0.3) is 7.82 Å². The first-order valence-electron chi connectivity index (χ1n) is 22.0. The van der Waals surface area contributed by atoms with E-state index in [1.807, 2.05) is 33.3 Å². The summed E-state index contributed by atoms with van der Waals surface area (Å²) in [7, 11) is 1.11. The van der Waals surface area contributed by atoms with Crippen LogP contribution in [0.2, 0.25) is 0 Å². The van der Waals surface area contributed by atoms with Crippen LogP contribution in [0.1, 0.15) is 168 Å². The van der Waals surface area contributed by atoms with Gasteiger partial charge in [0.15, 0.2) is 6.10 Å². The van der Waals surface area contributed by atoms with Crippen LogP contribution in [0.3, 0.4) is 0 Å². The zero-order valence-corrected chi connectivity index (χ0v) is 37.2. The number of carbonyl (C=O) groups is 2. The monoisotopic (exact) mass is 808 g/mol. The van der Waals surface area contributed by atoms with Gasteiger partial charge >= 0.3 is 11.9 Å². The van der Waals surface area contributed by atoms with Gasteiger partial charge in [-0.3, -0.25) is 14.2 Å². The first kappa shape index (κ1) is 53.7. The third kappa shape index (κ3) is 41.3. The Balaban J connectivity index is 4.51. The van der Waals surface area contributed by atoms with E-state index in [2.05, 4.69) is 62.5 Å². The highest BCUT2D eigenvalue weighted by Crippen LogP contribution is 2.38. The molecule has 0 aliphatic carbocycles. The molecule has 0 radical (unpaired) electrons. The van der Waals surface area contributed by atoms with Gasteiger partial charge in [-0.25, -0.2) is 0 Å². The zero-order chi connectivity index (χ0) is 41.4. The third-order valence-corrected chi connectivity index (χ3v) is 9.99. The number of rotatable bonds is 39. The van der Waals surface area contributed by atoms with Crippen molar-refractivity contribution in [1.82, 2.24) is 0 Å². The summed E-state index contributed by atoms with van der Waals surface area (Å²) < 4.78 is 33.8. The van der Waals surface area contributed by atoms with E-state index < -0.39 is 32.5 Å². The van der Waals surface area contributed by atoms with Crippen LogP contribution in [0.5, 0.6) is 0 Å². The Labute approximate surface area is 343 Å². The van der Waals surface area contributed by atoms with E-state index in [1.54, 1.807) is 0 Å². The van der Waals surface area contributed by atoms with E-state index in [1.165, 1.54) is 89.9 Å². The summed E-state index contributed by atoms with van der Waals surface area (Å²) >= 11 is 0. The summed E-state index contributed by atoms with van der Waals surface area (Å²) in [5.74, 6) is -0.960. The number of carbonyl (C=O) groups excluding carboxylic acids is 2. The SMILES string of the molecule is CCCCC/C=C/C/C=C/C/C=C/C/C=C/CCCC(=O)O[C@H](COC(=O)CC/C=C/CCCCCCCCCCCCC)COP(=O)([O-])OCC[N+](C)(C)C. The Morgan fingerprint density at radius 2 is 1.00 bits per heavy atom. The highest BCUT2D eigenvalue weighted by molar-refractivity contribution is 7.45. The van der Waals surface area contributed by atoms with Crippen LogP contribution in [-0.4, -0.2) is 70.0 Å². The number of phosphoric acid groups is 1. The molecule has 0 saturated heterocycles. The number of likely N-dealkylation sites (N-methyl/N-ethyl adjacent to an activating group) is 1. The van der Waals surface area contributed by atoms with Crippen LogP contribution in [-0.2, 0) is 32.7 Å². The summed E-state index contributed by atoms with van der Waals surface area (Å²) in [6, 6.07) is 0. The van der Waals surface area contributed by atoms with Gasteiger partial charge in [0, 0.05) is 12.8 Å². The summed E-state index contributed by atoms with van der Waals surface area (Å²) in [6.45, 7) is 4.08. The molecule has 56 heavy (non-hydrogen) atoms. The van der Waals surface area contributed by atoms with Gasteiger partial charge in [0.1, 0.15) is 19.8 Å².